The number of fused-ring (bicyclic) bond motifs is 1. The summed E-state index contributed by atoms with van der Waals surface area (Å²) in [6.07, 6.45) is 3.86. The summed E-state index contributed by atoms with van der Waals surface area (Å²) in [5.74, 6) is 0.0362. The third-order valence-corrected chi connectivity index (χ3v) is 3.84. The number of hydrogen-bond donors (Lipinski definition) is 1. The Morgan fingerprint density at radius 1 is 1.43 bits per heavy atom. The second-order valence-electron chi connectivity index (χ2n) is 5.43. The zero-order valence-electron chi connectivity index (χ0n) is 11.8. The lowest BCUT2D eigenvalue weighted by atomic mass is 10.1. The van der Waals surface area contributed by atoms with E-state index in [1.165, 1.54) is 9.08 Å². The van der Waals surface area contributed by atoms with E-state index in [1.807, 2.05) is 6.07 Å². The topological polar surface area (TPSA) is 85.6 Å². The van der Waals surface area contributed by atoms with Crippen LogP contribution in [0, 0.1) is 0 Å². The number of nitrogens with zero attached hydrogens (tertiary/aromatic N) is 4. The monoisotopic (exact) mass is 289 g/mol. The van der Waals surface area contributed by atoms with Crippen molar-refractivity contribution in [2.24, 2.45) is 5.73 Å². The largest absolute Gasteiger partial charge is 0.350 e. The predicted molar refractivity (Wildman–Crippen MR) is 77.9 cm³/mol. The number of carbonyl (C=O) groups excluding carboxylic acids is 1. The molecule has 0 saturated carbocycles. The average molecular weight is 289 g/mol. The van der Waals surface area contributed by atoms with Crippen LogP contribution in [0.4, 0.5) is 0 Å². The molecule has 112 valence electrons. The minimum absolute atomic E-state index is 0.0362. The Labute approximate surface area is 122 Å². The van der Waals surface area contributed by atoms with Crippen LogP contribution >= 0.6 is 0 Å². The van der Waals surface area contributed by atoms with E-state index >= 15 is 0 Å². The van der Waals surface area contributed by atoms with E-state index in [2.05, 4.69) is 5.10 Å². The van der Waals surface area contributed by atoms with Gasteiger partial charge in [-0.05, 0) is 25.0 Å². The van der Waals surface area contributed by atoms with Gasteiger partial charge >= 0.3 is 5.69 Å². The average Bonchev–Trinajstić information content (AvgIpc) is 2.82. The van der Waals surface area contributed by atoms with Gasteiger partial charge in [0.25, 0.3) is 0 Å². The molecule has 1 amide bonds. The third kappa shape index (κ3) is 2.82. The SMILES string of the molecule is NC1CCCN(C(=O)CCn2nc3ccccn3c2=O)C1. The lowest BCUT2D eigenvalue weighted by Gasteiger charge is -2.30. The maximum atomic E-state index is 12.2. The fourth-order valence-corrected chi connectivity index (χ4v) is 2.71. The maximum absolute atomic E-state index is 12.2. The molecule has 7 nitrogen and oxygen atoms in total. The van der Waals surface area contributed by atoms with Crippen molar-refractivity contribution < 1.29 is 4.79 Å². The molecule has 3 rings (SSSR count). The molecule has 21 heavy (non-hydrogen) atoms. The summed E-state index contributed by atoms with van der Waals surface area (Å²) >= 11 is 0. The van der Waals surface area contributed by atoms with E-state index in [4.69, 9.17) is 5.73 Å². The highest BCUT2D eigenvalue weighted by molar-refractivity contribution is 5.76. The molecule has 2 N–H and O–H groups in total. The van der Waals surface area contributed by atoms with Crippen molar-refractivity contribution in [2.75, 3.05) is 13.1 Å². The second kappa shape index (κ2) is 5.69. The predicted octanol–water partition coefficient (Wildman–Crippen LogP) is -0.164. The number of aryl methyl sites for hydroxylation is 1. The number of amides is 1. The summed E-state index contributed by atoms with van der Waals surface area (Å²) in [5.41, 5.74) is 6.26. The number of hydrogen-bond acceptors (Lipinski definition) is 4. The first-order chi connectivity index (χ1) is 10.1. The molecule has 0 bridgehead atoms. The molecule has 7 heteroatoms. The van der Waals surface area contributed by atoms with E-state index in [0.717, 1.165) is 19.4 Å². The van der Waals surface area contributed by atoms with Gasteiger partial charge < -0.3 is 10.6 Å². The standard InChI is InChI=1S/C14H19N5O2/c15-11-4-3-7-17(10-11)13(20)6-9-19-14(21)18-8-2-1-5-12(18)16-19/h1-2,5,8,11H,3-4,6-7,9-10,15H2. The van der Waals surface area contributed by atoms with Crippen molar-refractivity contribution in [2.45, 2.75) is 31.8 Å². The van der Waals surface area contributed by atoms with Crippen molar-refractivity contribution in [3.05, 3.63) is 34.9 Å². The van der Waals surface area contributed by atoms with Gasteiger partial charge in [0.1, 0.15) is 0 Å². The highest BCUT2D eigenvalue weighted by Gasteiger charge is 2.21. The Morgan fingerprint density at radius 2 is 2.29 bits per heavy atom. The van der Waals surface area contributed by atoms with Crippen LogP contribution in [0.5, 0.6) is 0 Å². The number of likely N-dealkylation sites (tertiary alicyclic amines) is 1. The lowest BCUT2D eigenvalue weighted by molar-refractivity contribution is -0.132. The molecule has 0 aromatic carbocycles. The molecule has 1 aliphatic heterocycles. The summed E-state index contributed by atoms with van der Waals surface area (Å²) in [5, 5.41) is 4.22. The summed E-state index contributed by atoms with van der Waals surface area (Å²) in [4.78, 5) is 26.0. The minimum atomic E-state index is -0.214. The van der Waals surface area contributed by atoms with Crippen LogP contribution in [0.25, 0.3) is 5.65 Å². The van der Waals surface area contributed by atoms with Crippen molar-refractivity contribution in [3.8, 4) is 0 Å². The second-order valence-corrected chi connectivity index (χ2v) is 5.43. The van der Waals surface area contributed by atoms with Crippen LogP contribution < -0.4 is 11.4 Å². The van der Waals surface area contributed by atoms with Gasteiger partial charge in [0.05, 0.1) is 6.54 Å². The van der Waals surface area contributed by atoms with Crippen molar-refractivity contribution in [1.29, 1.82) is 0 Å². The molecule has 3 heterocycles. The summed E-state index contributed by atoms with van der Waals surface area (Å²) < 4.78 is 2.82. The Hall–Kier alpha value is -2.15. The molecule has 0 aliphatic carbocycles. The van der Waals surface area contributed by atoms with Crippen molar-refractivity contribution in [3.63, 3.8) is 0 Å². The molecule has 0 radical (unpaired) electrons. The Kier molecular flexibility index (Phi) is 3.74. The lowest BCUT2D eigenvalue weighted by Crippen LogP contribution is -2.46. The van der Waals surface area contributed by atoms with E-state index in [1.54, 1.807) is 23.2 Å². The first kappa shape index (κ1) is 13.8. The van der Waals surface area contributed by atoms with E-state index in [0.29, 0.717) is 18.7 Å². The normalized spacial score (nSPS) is 19.1. The first-order valence-corrected chi connectivity index (χ1v) is 7.23. The maximum Gasteiger partial charge on any atom is 0.350 e. The van der Waals surface area contributed by atoms with Gasteiger partial charge in [-0.25, -0.2) is 9.48 Å². The molecule has 1 aliphatic rings. The first-order valence-electron chi connectivity index (χ1n) is 7.23. The van der Waals surface area contributed by atoms with Gasteiger partial charge in [0.15, 0.2) is 5.65 Å². The van der Waals surface area contributed by atoms with Crippen molar-refractivity contribution in [1.82, 2.24) is 19.1 Å². The Balaban J connectivity index is 1.67. The van der Waals surface area contributed by atoms with Gasteiger partial charge in [-0.1, -0.05) is 6.07 Å². The van der Waals surface area contributed by atoms with Gasteiger partial charge in [-0.15, -0.1) is 5.10 Å². The number of carbonyl (C=O) groups is 1. The quantitative estimate of drug-likeness (QED) is 0.850. The fourth-order valence-electron chi connectivity index (χ4n) is 2.71. The number of aromatic nitrogens is 3. The number of rotatable bonds is 3. The van der Waals surface area contributed by atoms with Gasteiger partial charge in [0.2, 0.25) is 5.91 Å². The Morgan fingerprint density at radius 3 is 3.05 bits per heavy atom. The summed E-state index contributed by atoms with van der Waals surface area (Å²) in [7, 11) is 0. The van der Waals surface area contributed by atoms with Crippen LogP contribution in [0.2, 0.25) is 0 Å². The molecular weight excluding hydrogens is 270 g/mol. The van der Waals surface area contributed by atoms with E-state index in [9.17, 15) is 9.59 Å². The van der Waals surface area contributed by atoms with Gasteiger partial charge in [-0.3, -0.25) is 9.20 Å². The van der Waals surface area contributed by atoms with Crippen LogP contribution in [-0.2, 0) is 11.3 Å². The van der Waals surface area contributed by atoms with Gasteiger partial charge in [0, 0.05) is 31.7 Å². The highest BCUT2D eigenvalue weighted by Crippen LogP contribution is 2.09. The van der Waals surface area contributed by atoms with Gasteiger partial charge in [-0.2, -0.15) is 0 Å². The molecular formula is C14H19N5O2. The Bertz CT molecular complexity index is 705. The molecule has 1 fully saturated rings. The fraction of sp³-hybridized carbons (Fsp3) is 0.500. The van der Waals surface area contributed by atoms with Crippen LogP contribution in [0.3, 0.4) is 0 Å². The zero-order valence-corrected chi connectivity index (χ0v) is 11.8. The number of pyridine rings is 1. The van der Waals surface area contributed by atoms with Crippen molar-refractivity contribution >= 4 is 11.6 Å². The van der Waals surface area contributed by atoms with Crippen LogP contribution in [0.15, 0.2) is 29.2 Å². The van der Waals surface area contributed by atoms with Crippen LogP contribution in [-0.4, -0.2) is 44.1 Å². The summed E-state index contributed by atoms with van der Waals surface area (Å²) in [6, 6.07) is 5.44. The number of nitrogens with two attached hydrogens (primary N) is 1. The molecule has 1 unspecified atom stereocenters. The zero-order chi connectivity index (χ0) is 14.8. The van der Waals surface area contributed by atoms with E-state index in [-0.39, 0.29) is 24.1 Å². The third-order valence-electron chi connectivity index (χ3n) is 3.84. The van der Waals surface area contributed by atoms with E-state index < -0.39 is 0 Å². The smallest absolute Gasteiger partial charge is 0.341 e. The highest BCUT2D eigenvalue weighted by atomic mass is 16.2. The minimum Gasteiger partial charge on any atom is -0.341 e. The molecule has 1 atom stereocenters. The van der Waals surface area contributed by atoms with Crippen LogP contribution in [0.1, 0.15) is 19.3 Å². The molecule has 2 aromatic rings. The molecule has 2 aromatic heterocycles. The molecule has 1 saturated heterocycles. The number of piperidine rings is 1. The molecule has 0 spiro atoms. The summed E-state index contributed by atoms with van der Waals surface area (Å²) in [6.45, 7) is 1.66.